The zero-order valence-corrected chi connectivity index (χ0v) is 13.9. The maximum absolute atomic E-state index is 12.9. The second-order valence-electron chi connectivity index (χ2n) is 5.53. The van der Waals surface area contributed by atoms with Gasteiger partial charge in [-0.25, -0.2) is 4.39 Å². The van der Waals surface area contributed by atoms with Crippen molar-refractivity contribution in [1.29, 1.82) is 0 Å². The highest BCUT2D eigenvalue weighted by Gasteiger charge is 2.08. The van der Waals surface area contributed by atoms with Gasteiger partial charge in [0.15, 0.2) is 17.4 Å². The molecule has 1 heterocycles. The Labute approximate surface area is 149 Å². The summed E-state index contributed by atoms with van der Waals surface area (Å²) >= 11 is 0. The lowest BCUT2D eigenvalue weighted by Crippen LogP contribution is -2.13. The summed E-state index contributed by atoms with van der Waals surface area (Å²) in [4.78, 5) is 23.5. The largest absolute Gasteiger partial charge is 0.339 e. The van der Waals surface area contributed by atoms with Gasteiger partial charge >= 0.3 is 0 Å². The highest BCUT2D eigenvalue weighted by Crippen LogP contribution is 2.17. The molecule has 6 nitrogen and oxygen atoms in total. The Morgan fingerprint density at radius 3 is 2.23 bits per heavy atom. The van der Waals surface area contributed by atoms with Crippen molar-refractivity contribution in [2.24, 2.45) is 0 Å². The molecule has 26 heavy (non-hydrogen) atoms. The molecule has 3 rings (SSSR count). The Hall–Kier alpha value is -3.61. The van der Waals surface area contributed by atoms with E-state index >= 15 is 0 Å². The molecule has 0 unspecified atom stereocenters. The van der Waals surface area contributed by atoms with Crippen LogP contribution in [0.1, 0.15) is 27.6 Å². The fourth-order valence-electron chi connectivity index (χ4n) is 2.22. The van der Waals surface area contributed by atoms with Gasteiger partial charge in [-0.15, -0.1) is 10.2 Å². The molecule has 130 valence electrons. The monoisotopic (exact) mass is 350 g/mol. The molecule has 0 saturated heterocycles. The quantitative estimate of drug-likeness (QED) is 0.684. The third-order valence-corrected chi connectivity index (χ3v) is 3.55. The van der Waals surface area contributed by atoms with Gasteiger partial charge in [-0.3, -0.25) is 9.59 Å². The zero-order valence-electron chi connectivity index (χ0n) is 13.9. The molecule has 2 aromatic carbocycles. The Balaban J connectivity index is 1.66. The molecule has 7 heteroatoms. The fourth-order valence-corrected chi connectivity index (χ4v) is 2.22. The highest BCUT2D eigenvalue weighted by molar-refractivity contribution is 6.03. The topological polar surface area (TPSA) is 84.0 Å². The van der Waals surface area contributed by atoms with Crippen molar-refractivity contribution in [2.45, 2.75) is 6.92 Å². The molecule has 3 aromatic rings. The summed E-state index contributed by atoms with van der Waals surface area (Å²) < 4.78 is 12.9. The molecule has 0 radical (unpaired) electrons. The van der Waals surface area contributed by atoms with Gasteiger partial charge in [0.25, 0.3) is 5.91 Å². The number of anilines is 3. The van der Waals surface area contributed by atoms with Crippen molar-refractivity contribution in [2.75, 3.05) is 10.6 Å². The summed E-state index contributed by atoms with van der Waals surface area (Å²) in [6.45, 7) is 1.50. The summed E-state index contributed by atoms with van der Waals surface area (Å²) in [7, 11) is 0. The predicted octanol–water partition coefficient (Wildman–Crippen LogP) is 3.81. The molecular weight excluding hydrogens is 335 g/mol. The van der Waals surface area contributed by atoms with Crippen LogP contribution in [0.5, 0.6) is 0 Å². The van der Waals surface area contributed by atoms with E-state index in [1.54, 1.807) is 36.4 Å². The predicted molar refractivity (Wildman–Crippen MR) is 96.1 cm³/mol. The van der Waals surface area contributed by atoms with Gasteiger partial charge in [0.2, 0.25) is 0 Å². The number of hydrogen-bond acceptors (Lipinski definition) is 5. The number of ketones is 1. The first-order valence-corrected chi connectivity index (χ1v) is 7.80. The van der Waals surface area contributed by atoms with Crippen LogP contribution >= 0.6 is 0 Å². The fraction of sp³-hybridized carbons (Fsp3) is 0.0526. The SMILES string of the molecule is CC(=O)c1cccc(Nc2ccc(NC(=O)c3ccc(F)cc3)nn2)c1. The second kappa shape index (κ2) is 7.52. The van der Waals surface area contributed by atoms with E-state index in [1.165, 1.54) is 31.2 Å². The molecule has 0 aliphatic rings. The van der Waals surface area contributed by atoms with E-state index in [-0.39, 0.29) is 11.6 Å². The second-order valence-corrected chi connectivity index (χ2v) is 5.53. The average molecular weight is 350 g/mol. The van der Waals surface area contributed by atoms with Crippen LogP contribution in [0.3, 0.4) is 0 Å². The van der Waals surface area contributed by atoms with Crippen molar-refractivity contribution >= 4 is 29.0 Å². The van der Waals surface area contributed by atoms with Crippen LogP contribution < -0.4 is 10.6 Å². The first kappa shape index (κ1) is 17.2. The molecule has 0 atom stereocenters. The van der Waals surface area contributed by atoms with Gasteiger partial charge < -0.3 is 10.6 Å². The average Bonchev–Trinajstić information content (AvgIpc) is 2.64. The van der Waals surface area contributed by atoms with Crippen LogP contribution in [0.25, 0.3) is 0 Å². The van der Waals surface area contributed by atoms with Crippen LogP contribution in [0.4, 0.5) is 21.7 Å². The number of Topliss-reactive ketones (excluding diaryl/α,β-unsaturated/α-hetero) is 1. The van der Waals surface area contributed by atoms with E-state index < -0.39 is 11.7 Å². The van der Waals surface area contributed by atoms with Crippen LogP contribution in [0.2, 0.25) is 0 Å². The number of halogens is 1. The van der Waals surface area contributed by atoms with E-state index in [2.05, 4.69) is 20.8 Å². The van der Waals surface area contributed by atoms with E-state index in [4.69, 9.17) is 0 Å². The van der Waals surface area contributed by atoms with Gasteiger partial charge in [0.1, 0.15) is 5.82 Å². The highest BCUT2D eigenvalue weighted by atomic mass is 19.1. The maximum Gasteiger partial charge on any atom is 0.256 e. The minimum Gasteiger partial charge on any atom is -0.339 e. The minimum atomic E-state index is -0.411. The summed E-state index contributed by atoms with van der Waals surface area (Å²) in [5.74, 6) is -0.119. The van der Waals surface area contributed by atoms with E-state index in [0.717, 1.165) is 0 Å². The number of amides is 1. The molecular formula is C19H15FN4O2. The van der Waals surface area contributed by atoms with E-state index in [9.17, 15) is 14.0 Å². The standard InChI is InChI=1S/C19H15FN4O2/c1-12(25)14-3-2-4-16(11-14)21-17-9-10-18(24-23-17)22-19(26)13-5-7-15(20)8-6-13/h2-11H,1H3,(H,21,23)(H,22,24,26). The van der Waals surface area contributed by atoms with E-state index in [0.29, 0.717) is 22.6 Å². The number of carbonyl (C=O) groups excluding carboxylic acids is 2. The summed E-state index contributed by atoms with van der Waals surface area (Å²) in [5.41, 5.74) is 1.61. The summed E-state index contributed by atoms with van der Waals surface area (Å²) in [5, 5.41) is 13.5. The Morgan fingerprint density at radius 2 is 1.58 bits per heavy atom. The van der Waals surface area contributed by atoms with Gasteiger partial charge in [-0.2, -0.15) is 0 Å². The van der Waals surface area contributed by atoms with Crippen molar-refractivity contribution in [3.05, 3.63) is 77.6 Å². The normalized spacial score (nSPS) is 10.2. The number of benzene rings is 2. The molecule has 0 saturated carbocycles. The smallest absolute Gasteiger partial charge is 0.256 e. The summed E-state index contributed by atoms with van der Waals surface area (Å²) in [6.07, 6.45) is 0. The molecule has 0 spiro atoms. The minimum absolute atomic E-state index is 0.0291. The molecule has 0 bridgehead atoms. The Morgan fingerprint density at radius 1 is 0.885 bits per heavy atom. The lowest BCUT2D eigenvalue weighted by atomic mass is 10.1. The maximum atomic E-state index is 12.9. The molecule has 0 fully saturated rings. The first-order chi connectivity index (χ1) is 12.5. The molecule has 2 N–H and O–H groups in total. The van der Waals surface area contributed by atoms with Crippen molar-refractivity contribution in [3.63, 3.8) is 0 Å². The van der Waals surface area contributed by atoms with Crippen LogP contribution in [0.15, 0.2) is 60.7 Å². The third-order valence-electron chi connectivity index (χ3n) is 3.55. The number of aromatic nitrogens is 2. The van der Waals surface area contributed by atoms with Crippen molar-refractivity contribution in [3.8, 4) is 0 Å². The number of rotatable bonds is 5. The van der Waals surface area contributed by atoms with Crippen LogP contribution in [-0.4, -0.2) is 21.9 Å². The lowest BCUT2D eigenvalue weighted by molar-refractivity contribution is 0.101. The van der Waals surface area contributed by atoms with Crippen LogP contribution in [-0.2, 0) is 0 Å². The third kappa shape index (κ3) is 4.27. The summed E-state index contributed by atoms with van der Waals surface area (Å²) in [6, 6.07) is 15.4. The molecule has 1 amide bonds. The Bertz CT molecular complexity index is 941. The number of carbonyl (C=O) groups is 2. The van der Waals surface area contributed by atoms with E-state index in [1.807, 2.05) is 0 Å². The number of nitrogens with one attached hydrogen (secondary N) is 2. The first-order valence-electron chi connectivity index (χ1n) is 7.80. The van der Waals surface area contributed by atoms with Crippen molar-refractivity contribution < 1.29 is 14.0 Å². The molecule has 1 aromatic heterocycles. The van der Waals surface area contributed by atoms with Gasteiger partial charge in [-0.05, 0) is 55.5 Å². The van der Waals surface area contributed by atoms with Gasteiger partial charge in [0.05, 0.1) is 0 Å². The number of nitrogens with zero attached hydrogens (tertiary/aromatic N) is 2. The molecule has 0 aliphatic carbocycles. The lowest BCUT2D eigenvalue weighted by Gasteiger charge is -2.07. The molecule has 0 aliphatic heterocycles. The van der Waals surface area contributed by atoms with Crippen molar-refractivity contribution in [1.82, 2.24) is 10.2 Å². The van der Waals surface area contributed by atoms with Gasteiger partial charge in [-0.1, -0.05) is 12.1 Å². The number of hydrogen-bond donors (Lipinski definition) is 2. The van der Waals surface area contributed by atoms with Gasteiger partial charge in [0, 0.05) is 16.8 Å². The Kier molecular flexibility index (Phi) is 4.98. The zero-order chi connectivity index (χ0) is 18.5. The van der Waals surface area contributed by atoms with Crippen LogP contribution in [0, 0.1) is 5.82 Å².